The zero-order valence-corrected chi connectivity index (χ0v) is 17.2. The summed E-state index contributed by atoms with van der Waals surface area (Å²) in [5.74, 6) is 0.652. The molecule has 0 unspecified atom stereocenters. The van der Waals surface area contributed by atoms with Crippen LogP contribution in [0.15, 0.2) is 54.2 Å². The van der Waals surface area contributed by atoms with Crippen LogP contribution in [0.4, 0.5) is 0 Å². The number of rotatable bonds is 5. The number of nitrogens with zero attached hydrogens (tertiary/aromatic N) is 5. The Labute approximate surface area is 170 Å². The average Bonchev–Trinajstić information content (AvgIpc) is 3.21. The minimum absolute atomic E-state index is 0.0594. The highest BCUT2D eigenvalue weighted by Gasteiger charge is 2.34. The van der Waals surface area contributed by atoms with Gasteiger partial charge in [0.05, 0.1) is 24.8 Å². The third-order valence-electron chi connectivity index (χ3n) is 5.14. The van der Waals surface area contributed by atoms with Crippen molar-refractivity contribution in [2.75, 3.05) is 20.2 Å². The van der Waals surface area contributed by atoms with E-state index < -0.39 is 10.0 Å². The topological polar surface area (TPSA) is 90.2 Å². The summed E-state index contributed by atoms with van der Waals surface area (Å²) in [4.78, 5) is 13.2. The second kappa shape index (κ2) is 7.92. The van der Waals surface area contributed by atoms with E-state index in [4.69, 9.17) is 4.74 Å². The molecule has 3 aromatic rings. The molecule has 0 saturated carbocycles. The number of para-hydroxylation sites is 1. The zero-order chi connectivity index (χ0) is 20.4. The first kappa shape index (κ1) is 19.5. The highest BCUT2D eigenvalue weighted by molar-refractivity contribution is 7.89. The third-order valence-corrected chi connectivity index (χ3v) is 6.90. The maximum absolute atomic E-state index is 13.0. The molecule has 9 heteroatoms. The molecule has 0 amide bonds. The van der Waals surface area contributed by atoms with E-state index in [0.29, 0.717) is 18.8 Å². The number of sulfonamides is 1. The van der Waals surface area contributed by atoms with Crippen LogP contribution in [0.1, 0.15) is 24.5 Å². The second-order valence-corrected chi connectivity index (χ2v) is 8.95. The number of imidazole rings is 1. The maximum Gasteiger partial charge on any atom is 0.262 e. The molecule has 1 saturated heterocycles. The Morgan fingerprint density at radius 2 is 1.93 bits per heavy atom. The van der Waals surface area contributed by atoms with Gasteiger partial charge in [-0.25, -0.2) is 13.4 Å². The number of hydrogen-bond acceptors (Lipinski definition) is 6. The minimum Gasteiger partial charge on any atom is -0.496 e. The smallest absolute Gasteiger partial charge is 0.262 e. The van der Waals surface area contributed by atoms with Crippen molar-refractivity contribution in [2.24, 2.45) is 7.05 Å². The van der Waals surface area contributed by atoms with Gasteiger partial charge in [0.25, 0.3) is 10.0 Å². The number of ether oxygens (including phenoxy) is 1. The molecule has 2 aromatic heterocycles. The molecule has 152 valence electrons. The van der Waals surface area contributed by atoms with Crippen LogP contribution in [0, 0.1) is 0 Å². The molecule has 1 fully saturated rings. The zero-order valence-electron chi connectivity index (χ0n) is 16.4. The lowest BCUT2D eigenvalue weighted by Gasteiger charge is -2.31. The first-order chi connectivity index (χ1) is 14.0. The SMILES string of the molecule is COc1ccccc1-c1nccnc1[C@H]1CCCN(S(=O)(=O)c2cn(C)cn2)C1. The minimum atomic E-state index is -3.64. The normalized spacial score (nSPS) is 17.9. The fraction of sp³-hybridized carbons (Fsp3) is 0.350. The average molecular weight is 414 g/mol. The molecule has 0 N–H and O–H groups in total. The van der Waals surface area contributed by atoms with Gasteiger partial charge in [0.15, 0.2) is 5.03 Å². The van der Waals surface area contributed by atoms with Gasteiger partial charge in [-0.2, -0.15) is 4.31 Å². The number of aryl methyl sites for hydroxylation is 1. The molecule has 0 aliphatic carbocycles. The summed E-state index contributed by atoms with van der Waals surface area (Å²) in [6.07, 6.45) is 7.92. The van der Waals surface area contributed by atoms with Crippen molar-refractivity contribution in [3.05, 3.63) is 54.9 Å². The molecular formula is C20H23N5O3S. The van der Waals surface area contributed by atoms with Crippen molar-refractivity contribution in [2.45, 2.75) is 23.8 Å². The maximum atomic E-state index is 13.0. The van der Waals surface area contributed by atoms with Gasteiger partial charge in [-0.05, 0) is 25.0 Å². The van der Waals surface area contributed by atoms with Crippen molar-refractivity contribution in [3.8, 4) is 17.0 Å². The van der Waals surface area contributed by atoms with E-state index in [-0.39, 0.29) is 10.9 Å². The molecule has 8 nitrogen and oxygen atoms in total. The van der Waals surface area contributed by atoms with Crippen LogP contribution in [0.2, 0.25) is 0 Å². The summed E-state index contributed by atoms with van der Waals surface area (Å²) in [6, 6.07) is 7.65. The van der Waals surface area contributed by atoms with E-state index in [1.165, 1.54) is 16.8 Å². The first-order valence-electron chi connectivity index (χ1n) is 9.43. The van der Waals surface area contributed by atoms with E-state index >= 15 is 0 Å². The number of aromatic nitrogens is 4. The van der Waals surface area contributed by atoms with Gasteiger partial charge in [-0.15, -0.1) is 0 Å². The van der Waals surface area contributed by atoms with Gasteiger partial charge >= 0.3 is 0 Å². The Morgan fingerprint density at radius 1 is 1.14 bits per heavy atom. The molecule has 0 radical (unpaired) electrons. The molecule has 0 bridgehead atoms. The predicted molar refractivity (Wildman–Crippen MR) is 108 cm³/mol. The van der Waals surface area contributed by atoms with Crippen LogP contribution in [-0.4, -0.2) is 52.4 Å². The molecular weight excluding hydrogens is 390 g/mol. The second-order valence-electron chi connectivity index (χ2n) is 7.07. The summed E-state index contributed by atoms with van der Waals surface area (Å²) >= 11 is 0. The highest BCUT2D eigenvalue weighted by Crippen LogP contribution is 2.36. The Balaban J connectivity index is 1.68. The molecule has 1 aliphatic rings. The van der Waals surface area contributed by atoms with Crippen LogP contribution in [0.25, 0.3) is 11.3 Å². The van der Waals surface area contributed by atoms with Crippen molar-refractivity contribution in [1.82, 2.24) is 23.8 Å². The summed E-state index contributed by atoms with van der Waals surface area (Å²) in [6.45, 7) is 0.819. The van der Waals surface area contributed by atoms with E-state index in [1.807, 2.05) is 24.3 Å². The van der Waals surface area contributed by atoms with Gasteiger partial charge in [-0.3, -0.25) is 9.97 Å². The van der Waals surface area contributed by atoms with Gasteiger partial charge < -0.3 is 9.30 Å². The lowest BCUT2D eigenvalue weighted by atomic mass is 9.92. The number of methoxy groups -OCH3 is 1. The van der Waals surface area contributed by atoms with E-state index in [2.05, 4.69) is 15.0 Å². The Bertz CT molecular complexity index is 1110. The summed E-state index contributed by atoms with van der Waals surface area (Å²) in [5, 5.41) is 0.0738. The molecule has 0 spiro atoms. The highest BCUT2D eigenvalue weighted by atomic mass is 32.2. The van der Waals surface area contributed by atoms with Crippen LogP contribution in [0.5, 0.6) is 5.75 Å². The largest absolute Gasteiger partial charge is 0.496 e. The van der Waals surface area contributed by atoms with Crippen LogP contribution in [-0.2, 0) is 17.1 Å². The third kappa shape index (κ3) is 3.75. The fourth-order valence-corrected chi connectivity index (χ4v) is 5.22. The number of benzene rings is 1. The van der Waals surface area contributed by atoms with Crippen LogP contribution < -0.4 is 4.74 Å². The van der Waals surface area contributed by atoms with E-state index in [0.717, 1.165) is 29.8 Å². The van der Waals surface area contributed by atoms with Crippen molar-refractivity contribution in [1.29, 1.82) is 0 Å². The van der Waals surface area contributed by atoms with Gasteiger partial charge in [0, 0.05) is 50.2 Å². The molecule has 29 heavy (non-hydrogen) atoms. The van der Waals surface area contributed by atoms with Crippen LogP contribution >= 0.6 is 0 Å². The molecule has 3 heterocycles. The Kier molecular flexibility index (Phi) is 5.33. The summed E-state index contributed by atoms with van der Waals surface area (Å²) in [5.41, 5.74) is 2.37. The quantitative estimate of drug-likeness (QED) is 0.638. The van der Waals surface area contributed by atoms with Gasteiger partial charge in [-0.1, -0.05) is 12.1 Å². The Morgan fingerprint density at radius 3 is 2.69 bits per heavy atom. The monoisotopic (exact) mass is 413 g/mol. The van der Waals surface area contributed by atoms with Crippen molar-refractivity contribution >= 4 is 10.0 Å². The number of hydrogen-bond donors (Lipinski definition) is 0. The lowest BCUT2D eigenvalue weighted by Crippen LogP contribution is -2.39. The predicted octanol–water partition coefficient (Wildman–Crippen LogP) is 2.45. The molecule has 1 aliphatic heterocycles. The first-order valence-corrected chi connectivity index (χ1v) is 10.9. The van der Waals surface area contributed by atoms with E-state index in [1.54, 1.807) is 31.1 Å². The molecule has 1 aromatic carbocycles. The van der Waals surface area contributed by atoms with Gasteiger partial charge in [0.1, 0.15) is 5.75 Å². The Hall–Kier alpha value is -2.78. The number of piperidine rings is 1. The van der Waals surface area contributed by atoms with Crippen molar-refractivity contribution < 1.29 is 13.2 Å². The fourth-order valence-electron chi connectivity index (χ4n) is 3.73. The molecule has 1 atom stereocenters. The molecule has 4 rings (SSSR count). The van der Waals surface area contributed by atoms with Crippen LogP contribution in [0.3, 0.4) is 0 Å². The van der Waals surface area contributed by atoms with Crippen molar-refractivity contribution in [3.63, 3.8) is 0 Å². The van der Waals surface area contributed by atoms with Gasteiger partial charge in [0.2, 0.25) is 0 Å². The standard InChI is InChI=1S/C20H23N5O3S/c1-24-13-18(23-14-24)29(26,27)25-11-5-6-15(12-25)19-20(22-10-9-21-19)16-7-3-4-8-17(16)28-2/h3-4,7-10,13-15H,5-6,11-12H2,1-2H3/t15-/m0/s1. The lowest BCUT2D eigenvalue weighted by molar-refractivity contribution is 0.312. The summed E-state index contributed by atoms with van der Waals surface area (Å²) in [7, 11) is -0.268. The summed E-state index contributed by atoms with van der Waals surface area (Å²) < 4.78 is 34.7. The van der Waals surface area contributed by atoms with E-state index in [9.17, 15) is 8.42 Å².